The normalized spacial score (nSPS) is 13.8. The predicted molar refractivity (Wildman–Crippen MR) is 59.4 cm³/mol. The van der Waals surface area contributed by atoms with Crippen molar-refractivity contribution in [3.8, 4) is 0 Å². The number of aromatic nitrogens is 1. The number of H-pyrrole nitrogens is 1. The molecule has 2 aromatic rings. The van der Waals surface area contributed by atoms with Gasteiger partial charge in [0.2, 0.25) is 0 Å². The molecule has 1 aromatic carbocycles. The molecule has 96 valence electrons. The van der Waals surface area contributed by atoms with Gasteiger partial charge in [0.15, 0.2) is 0 Å². The van der Waals surface area contributed by atoms with Gasteiger partial charge in [-0.1, -0.05) is 12.1 Å². The number of aliphatic carboxylic acids is 1. The monoisotopic (exact) mass is 257 g/mol. The molecule has 0 aliphatic carbocycles. The third-order valence-corrected chi connectivity index (χ3v) is 2.84. The molecule has 0 radical (unpaired) electrons. The van der Waals surface area contributed by atoms with Crippen LogP contribution >= 0.6 is 0 Å². The molecular weight excluding hydrogens is 247 g/mol. The number of halogens is 3. The van der Waals surface area contributed by atoms with Crippen molar-refractivity contribution in [3.63, 3.8) is 0 Å². The molecule has 2 rings (SSSR count). The first kappa shape index (κ1) is 12.5. The Labute approximate surface area is 100 Å². The molecule has 0 saturated heterocycles. The van der Waals surface area contributed by atoms with E-state index in [1.54, 1.807) is 0 Å². The molecule has 0 amide bonds. The van der Waals surface area contributed by atoms with E-state index in [1.165, 1.54) is 25.1 Å². The molecule has 1 unspecified atom stereocenters. The van der Waals surface area contributed by atoms with Crippen LogP contribution in [0.5, 0.6) is 0 Å². The molecule has 2 N–H and O–H groups in total. The van der Waals surface area contributed by atoms with Crippen LogP contribution in [-0.4, -0.2) is 16.1 Å². The first-order valence-corrected chi connectivity index (χ1v) is 5.22. The van der Waals surface area contributed by atoms with Crippen molar-refractivity contribution in [2.75, 3.05) is 0 Å². The lowest BCUT2D eigenvalue weighted by Crippen LogP contribution is -2.07. The molecule has 0 spiro atoms. The van der Waals surface area contributed by atoms with Gasteiger partial charge in [-0.05, 0) is 24.6 Å². The van der Waals surface area contributed by atoms with E-state index in [-0.39, 0.29) is 5.52 Å². The average molecular weight is 257 g/mol. The number of nitrogens with one attached hydrogen (secondary N) is 1. The second kappa shape index (κ2) is 4.04. The topological polar surface area (TPSA) is 53.1 Å². The van der Waals surface area contributed by atoms with Gasteiger partial charge in [0.05, 0.1) is 5.92 Å². The largest absolute Gasteiger partial charge is 0.481 e. The molecule has 3 nitrogen and oxygen atoms in total. The number of fused-ring (bicyclic) bond motifs is 1. The molecule has 6 heteroatoms. The number of carboxylic acids is 1. The third-order valence-electron chi connectivity index (χ3n) is 2.84. The number of alkyl halides is 3. The number of rotatable bonds is 2. The minimum atomic E-state index is -4.47. The second-order valence-electron chi connectivity index (χ2n) is 4.05. The fourth-order valence-electron chi connectivity index (χ4n) is 1.84. The molecule has 0 saturated carbocycles. The number of hydrogen-bond donors (Lipinski definition) is 2. The van der Waals surface area contributed by atoms with E-state index in [9.17, 15) is 18.0 Å². The zero-order valence-electron chi connectivity index (χ0n) is 9.38. The quantitative estimate of drug-likeness (QED) is 0.866. The van der Waals surface area contributed by atoms with Crippen LogP contribution < -0.4 is 0 Å². The predicted octanol–water partition coefficient (Wildman–Crippen LogP) is 3.37. The lowest BCUT2D eigenvalue weighted by Gasteiger charge is -2.07. The summed E-state index contributed by atoms with van der Waals surface area (Å²) in [6.07, 6.45) is -4.47. The molecule has 0 bridgehead atoms. The summed E-state index contributed by atoms with van der Waals surface area (Å²) in [6.45, 7) is 1.44. The van der Waals surface area contributed by atoms with Crippen molar-refractivity contribution < 1.29 is 23.1 Å². The summed E-state index contributed by atoms with van der Waals surface area (Å²) in [7, 11) is 0. The summed E-state index contributed by atoms with van der Waals surface area (Å²) in [5.41, 5.74) is -0.220. The van der Waals surface area contributed by atoms with Crippen LogP contribution in [0.1, 0.15) is 24.1 Å². The number of carbonyl (C=O) groups is 1. The molecule has 0 aliphatic rings. The average Bonchev–Trinajstić information content (AvgIpc) is 2.70. The summed E-state index contributed by atoms with van der Waals surface area (Å²) in [5.74, 6) is -1.93. The Kier molecular flexibility index (Phi) is 2.80. The lowest BCUT2D eigenvalue weighted by molar-refractivity contribution is -0.140. The van der Waals surface area contributed by atoms with Crippen molar-refractivity contribution in [2.24, 2.45) is 0 Å². The Balaban J connectivity index is 2.63. The van der Waals surface area contributed by atoms with E-state index in [1.807, 2.05) is 0 Å². The van der Waals surface area contributed by atoms with Gasteiger partial charge in [0.25, 0.3) is 0 Å². The molecular formula is C12H10F3NO2. The van der Waals surface area contributed by atoms with Crippen LogP contribution in [0.2, 0.25) is 0 Å². The van der Waals surface area contributed by atoms with Crippen molar-refractivity contribution in [2.45, 2.75) is 19.0 Å². The minimum Gasteiger partial charge on any atom is -0.481 e. The van der Waals surface area contributed by atoms with Gasteiger partial charge >= 0.3 is 12.1 Å². The Bertz CT molecular complexity index is 601. The Morgan fingerprint density at radius 1 is 1.39 bits per heavy atom. The van der Waals surface area contributed by atoms with Crippen molar-refractivity contribution in [1.29, 1.82) is 0 Å². The van der Waals surface area contributed by atoms with Crippen LogP contribution in [0.4, 0.5) is 13.2 Å². The van der Waals surface area contributed by atoms with E-state index >= 15 is 0 Å². The van der Waals surface area contributed by atoms with Gasteiger partial charge in [-0.3, -0.25) is 4.79 Å². The Morgan fingerprint density at radius 2 is 2.06 bits per heavy atom. The summed E-state index contributed by atoms with van der Waals surface area (Å²) in [4.78, 5) is 13.2. The maximum absolute atomic E-state index is 12.6. The molecule has 1 atom stereocenters. The van der Waals surface area contributed by atoms with Crippen LogP contribution in [0.3, 0.4) is 0 Å². The van der Waals surface area contributed by atoms with Crippen LogP contribution in [0.25, 0.3) is 10.9 Å². The summed E-state index contributed by atoms with van der Waals surface area (Å²) in [6, 6.07) is 5.50. The van der Waals surface area contributed by atoms with Gasteiger partial charge in [0.1, 0.15) is 5.69 Å². The summed E-state index contributed by atoms with van der Waals surface area (Å²) < 4.78 is 37.7. The number of carboxylic acid groups (broad SMARTS) is 1. The summed E-state index contributed by atoms with van der Waals surface area (Å²) in [5, 5.41) is 9.22. The van der Waals surface area contributed by atoms with Crippen LogP contribution in [0, 0.1) is 0 Å². The SMILES string of the molecule is CC(C(=O)O)c1cccc2[nH]c(C(F)(F)F)cc12. The molecule has 1 aromatic heterocycles. The first-order chi connectivity index (χ1) is 8.30. The van der Waals surface area contributed by atoms with E-state index in [4.69, 9.17) is 5.11 Å². The molecule has 0 aliphatic heterocycles. The number of benzene rings is 1. The van der Waals surface area contributed by atoms with Crippen molar-refractivity contribution in [1.82, 2.24) is 4.98 Å². The maximum Gasteiger partial charge on any atom is 0.431 e. The smallest absolute Gasteiger partial charge is 0.431 e. The van der Waals surface area contributed by atoms with E-state index in [0.29, 0.717) is 10.9 Å². The van der Waals surface area contributed by atoms with E-state index < -0.39 is 23.8 Å². The van der Waals surface area contributed by atoms with Gasteiger partial charge in [-0.15, -0.1) is 0 Å². The van der Waals surface area contributed by atoms with Crippen LogP contribution in [0.15, 0.2) is 24.3 Å². The highest BCUT2D eigenvalue weighted by Crippen LogP contribution is 2.34. The first-order valence-electron chi connectivity index (χ1n) is 5.22. The standard InChI is InChI=1S/C12H10F3NO2/c1-6(11(17)18)7-3-2-4-9-8(7)5-10(16-9)12(13,14)15/h2-6,16H,1H3,(H,17,18). The Morgan fingerprint density at radius 3 is 2.61 bits per heavy atom. The third kappa shape index (κ3) is 2.05. The van der Waals surface area contributed by atoms with Gasteiger partial charge in [0, 0.05) is 10.9 Å². The molecule has 1 heterocycles. The maximum atomic E-state index is 12.6. The molecule has 0 fully saturated rings. The number of hydrogen-bond acceptors (Lipinski definition) is 1. The fraction of sp³-hybridized carbons (Fsp3) is 0.250. The van der Waals surface area contributed by atoms with E-state index in [0.717, 1.165) is 6.07 Å². The zero-order chi connectivity index (χ0) is 13.5. The van der Waals surface area contributed by atoms with Crippen LogP contribution in [-0.2, 0) is 11.0 Å². The Hall–Kier alpha value is -1.98. The van der Waals surface area contributed by atoms with Gasteiger partial charge < -0.3 is 10.1 Å². The van der Waals surface area contributed by atoms with Crippen molar-refractivity contribution >= 4 is 16.9 Å². The fourth-order valence-corrected chi connectivity index (χ4v) is 1.84. The summed E-state index contributed by atoms with van der Waals surface area (Å²) >= 11 is 0. The second-order valence-corrected chi connectivity index (χ2v) is 4.05. The highest BCUT2D eigenvalue weighted by Gasteiger charge is 2.33. The van der Waals surface area contributed by atoms with E-state index in [2.05, 4.69) is 4.98 Å². The minimum absolute atomic E-state index is 0.285. The highest BCUT2D eigenvalue weighted by atomic mass is 19.4. The zero-order valence-corrected chi connectivity index (χ0v) is 9.38. The van der Waals surface area contributed by atoms with Gasteiger partial charge in [-0.25, -0.2) is 0 Å². The lowest BCUT2D eigenvalue weighted by atomic mass is 9.98. The number of aromatic amines is 1. The van der Waals surface area contributed by atoms with Crippen molar-refractivity contribution in [3.05, 3.63) is 35.5 Å². The van der Waals surface area contributed by atoms with Gasteiger partial charge in [-0.2, -0.15) is 13.2 Å². The molecule has 18 heavy (non-hydrogen) atoms. The highest BCUT2D eigenvalue weighted by molar-refractivity contribution is 5.89.